The van der Waals surface area contributed by atoms with E-state index in [0.29, 0.717) is 32.0 Å². The van der Waals surface area contributed by atoms with Gasteiger partial charge in [-0.15, -0.1) is 5.10 Å². The van der Waals surface area contributed by atoms with Crippen molar-refractivity contribution >= 4 is 5.91 Å². The molecule has 0 aromatic carbocycles. The summed E-state index contributed by atoms with van der Waals surface area (Å²) in [6.45, 7) is 3.91. The van der Waals surface area contributed by atoms with E-state index in [-0.39, 0.29) is 5.91 Å². The van der Waals surface area contributed by atoms with Gasteiger partial charge in [0.2, 0.25) is 5.91 Å². The Kier molecular flexibility index (Phi) is 5.49. The molecule has 1 aromatic rings. The first kappa shape index (κ1) is 12.6. The van der Waals surface area contributed by atoms with Crippen LogP contribution < -0.4 is 11.1 Å². The second kappa shape index (κ2) is 6.95. The van der Waals surface area contributed by atoms with E-state index in [1.165, 1.54) is 0 Å². The molecule has 3 N–H and O–H groups in total. The summed E-state index contributed by atoms with van der Waals surface area (Å²) in [5.74, 6) is 0.474. The molecule has 1 unspecified atom stereocenters. The highest BCUT2D eigenvalue weighted by molar-refractivity contribution is 5.75. The standard InChI is InChI=1S/C10H19N5O/c1-9(8-11)2-3-10(16)12-4-6-15-7-5-13-14-15/h5,7,9H,2-4,6,8,11H2,1H3,(H,12,16). The highest BCUT2D eigenvalue weighted by Gasteiger charge is 2.04. The van der Waals surface area contributed by atoms with E-state index in [4.69, 9.17) is 5.73 Å². The number of nitrogens with one attached hydrogen (secondary N) is 1. The fourth-order valence-electron chi connectivity index (χ4n) is 1.25. The van der Waals surface area contributed by atoms with Crippen molar-refractivity contribution in [2.45, 2.75) is 26.3 Å². The van der Waals surface area contributed by atoms with E-state index in [1.54, 1.807) is 17.1 Å². The van der Waals surface area contributed by atoms with Gasteiger partial charge in [0.05, 0.1) is 12.7 Å². The molecule has 0 saturated carbocycles. The Morgan fingerprint density at radius 1 is 1.62 bits per heavy atom. The summed E-state index contributed by atoms with van der Waals surface area (Å²) in [7, 11) is 0. The second-order valence-corrected chi connectivity index (χ2v) is 3.90. The zero-order valence-electron chi connectivity index (χ0n) is 9.59. The Morgan fingerprint density at radius 2 is 2.44 bits per heavy atom. The Labute approximate surface area is 95.2 Å². The minimum absolute atomic E-state index is 0.0698. The highest BCUT2D eigenvalue weighted by atomic mass is 16.1. The van der Waals surface area contributed by atoms with Crippen LogP contribution in [0.4, 0.5) is 0 Å². The van der Waals surface area contributed by atoms with Crippen LogP contribution in [0.15, 0.2) is 12.4 Å². The number of carbonyl (C=O) groups is 1. The van der Waals surface area contributed by atoms with Gasteiger partial charge in [-0.1, -0.05) is 12.1 Å². The first-order valence-corrected chi connectivity index (χ1v) is 5.53. The van der Waals surface area contributed by atoms with E-state index in [0.717, 1.165) is 6.42 Å². The maximum absolute atomic E-state index is 11.4. The zero-order valence-corrected chi connectivity index (χ0v) is 9.59. The van der Waals surface area contributed by atoms with Crippen LogP contribution in [0.5, 0.6) is 0 Å². The summed E-state index contributed by atoms with van der Waals surface area (Å²) < 4.78 is 1.68. The molecular weight excluding hydrogens is 206 g/mol. The first-order chi connectivity index (χ1) is 7.72. The molecule has 16 heavy (non-hydrogen) atoms. The molecule has 0 aliphatic heterocycles. The quantitative estimate of drug-likeness (QED) is 0.671. The molecule has 6 nitrogen and oxygen atoms in total. The van der Waals surface area contributed by atoms with Gasteiger partial charge in [0.25, 0.3) is 0 Å². The number of rotatable bonds is 7. The molecule has 0 radical (unpaired) electrons. The maximum atomic E-state index is 11.4. The Bertz CT molecular complexity index is 298. The number of aromatic nitrogens is 3. The fourth-order valence-corrected chi connectivity index (χ4v) is 1.25. The lowest BCUT2D eigenvalue weighted by atomic mass is 10.1. The molecule has 1 atom stereocenters. The molecule has 1 heterocycles. The second-order valence-electron chi connectivity index (χ2n) is 3.90. The molecule has 1 aromatic heterocycles. The number of nitrogens with zero attached hydrogens (tertiary/aromatic N) is 3. The van der Waals surface area contributed by atoms with Crippen molar-refractivity contribution in [1.82, 2.24) is 20.3 Å². The van der Waals surface area contributed by atoms with Crippen molar-refractivity contribution in [3.63, 3.8) is 0 Å². The lowest BCUT2D eigenvalue weighted by molar-refractivity contribution is -0.121. The van der Waals surface area contributed by atoms with Gasteiger partial charge in [-0.2, -0.15) is 0 Å². The van der Waals surface area contributed by atoms with E-state index < -0.39 is 0 Å². The van der Waals surface area contributed by atoms with Crippen LogP contribution in [0.25, 0.3) is 0 Å². The molecule has 0 fully saturated rings. The van der Waals surface area contributed by atoms with Gasteiger partial charge in [-0.25, -0.2) is 0 Å². The molecule has 0 spiro atoms. The van der Waals surface area contributed by atoms with Crippen LogP contribution in [0.2, 0.25) is 0 Å². The SMILES string of the molecule is CC(CN)CCC(=O)NCCn1ccnn1. The van der Waals surface area contributed by atoms with Gasteiger partial charge < -0.3 is 11.1 Å². The lowest BCUT2D eigenvalue weighted by Gasteiger charge is -2.08. The van der Waals surface area contributed by atoms with Gasteiger partial charge in [-0.05, 0) is 18.9 Å². The minimum atomic E-state index is 0.0698. The minimum Gasteiger partial charge on any atom is -0.354 e. The van der Waals surface area contributed by atoms with Gasteiger partial charge in [-0.3, -0.25) is 9.48 Å². The normalized spacial score (nSPS) is 12.4. The molecule has 0 aliphatic carbocycles. The number of carbonyl (C=O) groups excluding carboxylic acids is 1. The predicted molar refractivity (Wildman–Crippen MR) is 60.5 cm³/mol. The molecule has 0 aliphatic rings. The van der Waals surface area contributed by atoms with E-state index in [9.17, 15) is 4.79 Å². The van der Waals surface area contributed by atoms with Crippen molar-refractivity contribution < 1.29 is 4.79 Å². The van der Waals surface area contributed by atoms with Crippen LogP contribution in [-0.4, -0.2) is 34.0 Å². The Balaban J connectivity index is 2.06. The van der Waals surface area contributed by atoms with Crippen molar-refractivity contribution in [3.8, 4) is 0 Å². The summed E-state index contributed by atoms with van der Waals surface area (Å²) in [4.78, 5) is 11.4. The molecule has 1 rings (SSSR count). The molecular formula is C10H19N5O. The van der Waals surface area contributed by atoms with Crippen molar-refractivity contribution in [1.29, 1.82) is 0 Å². The van der Waals surface area contributed by atoms with Gasteiger partial charge in [0.1, 0.15) is 0 Å². The molecule has 90 valence electrons. The smallest absolute Gasteiger partial charge is 0.220 e. The molecule has 1 amide bonds. The lowest BCUT2D eigenvalue weighted by Crippen LogP contribution is -2.28. The van der Waals surface area contributed by atoms with Crippen LogP contribution >= 0.6 is 0 Å². The molecule has 0 saturated heterocycles. The number of amides is 1. The maximum Gasteiger partial charge on any atom is 0.220 e. The van der Waals surface area contributed by atoms with E-state index in [2.05, 4.69) is 15.6 Å². The number of nitrogens with two attached hydrogens (primary N) is 1. The predicted octanol–water partition coefficient (Wildman–Crippen LogP) is -0.231. The van der Waals surface area contributed by atoms with Gasteiger partial charge in [0, 0.05) is 19.2 Å². The van der Waals surface area contributed by atoms with Crippen molar-refractivity contribution in [3.05, 3.63) is 12.4 Å². The molecule has 6 heteroatoms. The topological polar surface area (TPSA) is 85.8 Å². The first-order valence-electron chi connectivity index (χ1n) is 5.53. The van der Waals surface area contributed by atoms with Gasteiger partial charge in [0.15, 0.2) is 0 Å². The van der Waals surface area contributed by atoms with E-state index in [1.807, 2.05) is 6.92 Å². The Hall–Kier alpha value is -1.43. The number of hydrogen-bond acceptors (Lipinski definition) is 4. The zero-order chi connectivity index (χ0) is 11.8. The van der Waals surface area contributed by atoms with E-state index >= 15 is 0 Å². The average molecular weight is 225 g/mol. The highest BCUT2D eigenvalue weighted by Crippen LogP contribution is 2.02. The summed E-state index contributed by atoms with van der Waals surface area (Å²) in [6, 6.07) is 0. The van der Waals surface area contributed by atoms with Gasteiger partial charge >= 0.3 is 0 Å². The number of hydrogen-bond donors (Lipinski definition) is 2. The summed E-state index contributed by atoms with van der Waals surface area (Å²) >= 11 is 0. The van der Waals surface area contributed by atoms with Crippen LogP contribution in [0.1, 0.15) is 19.8 Å². The fraction of sp³-hybridized carbons (Fsp3) is 0.700. The third-order valence-electron chi connectivity index (χ3n) is 2.40. The van der Waals surface area contributed by atoms with Crippen LogP contribution in [0, 0.1) is 5.92 Å². The third kappa shape index (κ3) is 4.88. The summed E-state index contributed by atoms with van der Waals surface area (Å²) in [5, 5.41) is 10.3. The summed E-state index contributed by atoms with van der Waals surface area (Å²) in [6.07, 6.45) is 4.76. The largest absolute Gasteiger partial charge is 0.354 e. The Morgan fingerprint density at radius 3 is 3.06 bits per heavy atom. The van der Waals surface area contributed by atoms with Crippen molar-refractivity contribution in [2.24, 2.45) is 11.7 Å². The third-order valence-corrected chi connectivity index (χ3v) is 2.40. The molecule has 0 bridgehead atoms. The van der Waals surface area contributed by atoms with Crippen LogP contribution in [-0.2, 0) is 11.3 Å². The average Bonchev–Trinajstić information content (AvgIpc) is 2.79. The van der Waals surface area contributed by atoms with Crippen LogP contribution in [0.3, 0.4) is 0 Å². The van der Waals surface area contributed by atoms with Crippen molar-refractivity contribution in [2.75, 3.05) is 13.1 Å². The monoisotopic (exact) mass is 225 g/mol. The summed E-state index contributed by atoms with van der Waals surface area (Å²) in [5.41, 5.74) is 5.47.